The summed E-state index contributed by atoms with van der Waals surface area (Å²) in [5.74, 6) is -0.960. The Morgan fingerprint density at radius 1 is 1.12 bits per heavy atom. The molecule has 2 aromatic rings. The summed E-state index contributed by atoms with van der Waals surface area (Å²) >= 11 is 5.80. The van der Waals surface area contributed by atoms with Crippen LogP contribution < -0.4 is 10.2 Å². The quantitative estimate of drug-likeness (QED) is 0.802. The zero-order chi connectivity index (χ0) is 18.7. The van der Waals surface area contributed by atoms with Gasteiger partial charge in [0.25, 0.3) is 11.8 Å². The molecule has 1 aliphatic heterocycles. The first-order valence-corrected chi connectivity index (χ1v) is 8.16. The predicted octanol–water partition coefficient (Wildman–Crippen LogP) is 2.55. The van der Waals surface area contributed by atoms with E-state index in [1.54, 1.807) is 42.5 Å². The second kappa shape index (κ2) is 7.45. The van der Waals surface area contributed by atoms with Gasteiger partial charge in [-0.05, 0) is 36.4 Å². The summed E-state index contributed by atoms with van der Waals surface area (Å²) in [6.45, 7) is 0.0146. The highest BCUT2D eigenvalue weighted by Gasteiger charge is 2.44. The van der Waals surface area contributed by atoms with Crippen LogP contribution in [0.5, 0.6) is 0 Å². The average molecular weight is 375 g/mol. The number of carbonyl (C=O) groups is 3. The van der Waals surface area contributed by atoms with Crippen LogP contribution in [0.3, 0.4) is 0 Å². The van der Waals surface area contributed by atoms with E-state index in [0.29, 0.717) is 16.3 Å². The third-order valence-electron chi connectivity index (χ3n) is 3.98. The van der Waals surface area contributed by atoms with E-state index in [4.69, 9.17) is 21.4 Å². The Labute approximate surface area is 154 Å². The lowest BCUT2D eigenvalue weighted by Crippen LogP contribution is -2.47. The molecule has 2 amide bonds. The van der Waals surface area contributed by atoms with Crippen LogP contribution in [0.15, 0.2) is 54.6 Å². The summed E-state index contributed by atoms with van der Waals surface area (Å²) in [6.07, 6.45) is -2.53. The SMILES string of the molecule is O=C(O)O[C@H]1CN(c2ccccc2)C(=O)[C@H]1NC(=O)c1ccc(Cl)cc1. The summed E-state index contributed by atoms with van der Waals surface area (Å²) in [6, 6.07) is 13.8. The smallest absolute Gasteiger partial charge is 0.450 e. The maximum absolute atomic E-state index is 12.7. The minimum absolute atomic E-state index is 0.0146. The van der Waals surface area contributed by atoms with Crippen molar-refractivity contribution in [2.24, 2.45) is 0 Å². The summed E-state index contributed by atoms with van der Waals surface area (Å²) in [5.41, 5.74) is 0.897. The minimum Gasteiger partial charge on any atom is -0.450 e. The Morgan fingerprint density at radius 3 is 2.38 bits per heavy atom. The van der Waals surface area contributed by atoms with Crippen LogP contribution in [0.25, 0.3) is 0 Å². The molecule has 1 heterocycles. The van der Waals surface area contributed by atoms with Gasteiger partial charge in [-0.1, -0.05) is 29.8 Å². The van der Waals surface area contributed by atoms with E-state index >= 15 is 0 Å². The number of nitrogens with zero attached hydrogens (tertiary/aromatic N) is 1. The number of halogens is 1. The lowest BCUT2D eigenvalue weighted by molar-refractivity contribution is -0.119. The van der Waals surface area contributed by atoms with Gasteiger partial charge in [-0.3, -0.25) is 9.59 Å². The number of carbonyl (C=O) groups excluding carboxylic acids is 2. The second-order valence-electron chi connectivity index (χ2n) is 5.66. The van der Waals surface area contributed by atoms with Gasteiger partial charge in [-0.25, -0.2) is 4.79 Å². The molecule has 1 saturated heterocycles. The maximum atomic E-state index is 12.7. The van der Waals surface area contributed by atoms with Crippen molar-refractivity contribution in [3.8, 4) is 0 Å². The number of para-hydroxylation sites is 1. The van der Waals surface area contributed by atoms with E-state index in [1.807, 2.05) is 0 Å². The Bertz CT molecular complexity index is 825. The number of carboxylic acid groups (broad SMARTS) is 1. The largest absolute Gasteiger partial charge is 0.506 e. The van der Waals surface area contributed by atoms with Crippen molar-refractivity contribution in [3.63, 3.8) is 0 Å². The second-order valence-corrected chi connectivity index (χ2v) is 6.10. The van der Waals surface area contributed by atoms with Crippen LogP contribution >= 0.6 is 11.6 Å². The van der Waals surface area contributed by atoms with Gasteiger partial charge >= 0.3 is 6.16 Å². The third-order valence-corrected chi connectivity index (χ3v) is 4.23. The fourth-order valence-corrected chi connectivity index (χ4v) is 2.88. The molecule has 7 nitrogen and oxygen atoms in total. The molecule has 26 heavy (non-hydrogen) atoms. The molecular weight excluding hydrogens is 360 g/mol. The van der Waals surface area contributed by atoms with E-state index in [0.717, 1.165) is 0 Å². The first-order valence-electron chi connectivity index (χ1n) is 7.78. The Hall–Kier alpha value is -3.06. The van der Waals surface area contributed by atoms with Crippen molar-refractivity contribution in [2.75, 3.05) is 11.4 Å². The van der Waals surface area contributed by atoms with Crippen molar-refractivity contribution in [1.82, 2.24) is 5.32 Å². The maximum Gasteiger partial charge on any atom is 0.506 e. The van der Waals surface area contributed by atoms with Crippen molar-refractivity contribution < 1.29 is 24.2 Å². The normalized spacial score (nSPS) is 19.3. The summed E-state index contributed by atoms with van der Waals surface area (Å²) in [7, 11) is 0. The molecule has 0 radical (unpaired) electrons. The highest BCUT2D eigenvalue weighted by atomic mass is 35.5. The molecule has 2 aromatic carbocycles. The number of amides is 2. The molecule has 2 N–H and O–H groups in total. The van der Waals surface area contributed by atoms with Gasteiger partial charge in [0.15, 0.2) is 6.10 Å². The van der Waals surface area contributed by atoms with Crippen LogP contribution in [0, 0.1) is 0 Å². The van der Waals surface area contributed by atoms with Crippen LogP contribution in [-0.2, 0) is 9.53 Å². The topological polar surface area (TPSA) is 95.9 Å². The van der Waals surface area contributed by atoms with E-state index in [1.165, 1.54) is 17.0 Å². The van der Waals surface area contributed by atoms with Crippen LogP contribution in [-0.4, -0.2) is 41.8 Å². The van der Waals surface area contributed by atoms with Crippen molar-refractivity contribution >= 4 is 35.3 Å². The Morgan fingerprint density at radius 2 is 1.77 bits per heavy atom. The lowest BCUT2D eigenvalue weighted by atomic mass is 10.1. The number of hydrogen-bond acceptors (Lipinski definition) is 4. The summed E-state index contributed by atoms with van der Waals surface area (Å²) in [4.78, 5) is 37.5. The van der Waals surface area contributed by atoms with Crippen molar-refractivity contribution in [2.45, 2.75) is 12.1 Å². The average Bonchev–Trinajstić information content (AvgIpc) is 2.92. The van der Waals surface area contributed by atoms with Gasteiger partial charge in [-0.15, -0.1) is 0 Å². The van der Waals surface area contributed by atoms with Crippen molar-refractivity contribution in [1.29, 1.82) is 0 Å². The summed E-state index contributed by atoms with van der Waals surface area (Å²) in [5, 5.41) is 12.0. The van der Waals surface area contributed by atoms with E-state index in [9.17, 15) is 14.4 Å². The molecule has 8 heteroatoms. The number of rotatable bonds is 4. The molecule has 0 unspecified atom stereocenters. The zero-order valence-corrected chi connectivity index (χ0v) is 14.2. The van der Waals surface area contributed by atoms with E-state index in [-0.39, 0.29) is 6.54 Å². The van der Waals surface area contributed by atoms with Gasteiger partial charge in [0.1, 0.15) is 6.04 Å². The van der Waals surface area contributed by atoms with E-state index in [2.05, 4.69) is 5.32 Å². The minimum atomic E-state index is -1.51. The molecular formula is C18H15ClN2O5. The molecule has 2 atom stereocenters. The number of nitrogens with one attached hydrogen (secondary N) is 1. The predicted molar refractivity (Wildman–Crippen MR) is 94.4 cm³/mol. The fraction of sp³-hybridized carbons (Fsp3) is 0.167. The zero-order valence-electron chi connectivity index (χ0n) is 13.5. The molecule has 134 valence electrons. The highest BCUT2D eigenvalue weighted by molar-refractivity contribution is 6.30. The molecule has 0 bridgehead atoms. The third kappa shape index (κ3) is 3.78. The molecule has 0 saturated carbocycles. The van der Waals surface area contributed by atoms with Crippen LogP contribution in [0.1, 0.15) is 10.4 Å². The monoisotopic (exact) mass is 374 g/mol. The summed E-state index contributed by atoms with van der Waals surface area (Å²) < 4.78 is 4.82. The molecule has 0 spiro atoms. The standard InChI is InChI=1S/C18H15ClN2O5/c19-12-8-6-11(7-9-12)16(22)20-15-14(26-18(24)25)10-21(17(15)23)13-4-2-1-3-5-13/h1-9,14-15H,10H2,(H,20,22)(H,24,25)/t14-,15-/m0/s1. The van der Waals surface area contributed by atoms with Crippen LogP contribution in [0.4, 0.5) is 10.5 Å². The first kappa shape index (κ1) is 17.8. The number of benzene rings is 2. The molecule has 3 rings (SSSR count). The van der Waals surface area contributed by atoms with Gasteiger partial charge in [0.2, 0.25) is 0 Å². The molecule has 1 aliphatic rings. The van der Waals surface area contributed by atoms with E-state index < -0.39 is 30.1 Å². The Kier molecular flexibility index (Phi) is 5.09. The highest BCUT2D eigenvalue weighted by Crippen LogP contribution is 2.24. The van der Waals surface area contributed by atoms with Gasteiger partial charge in [0.05, 0.1) is 6.54 Å². The van der Waals surface area contributed by atoms with Gasteiger partial charge in [0, 0.05) is 16.3 Å². The lowest BCUT2D eigenvalue weighted by Gasteiger charge is -2.17. The Balaban J connectivity index is 1.82. The number of anilines is 1. The number of ether oxygens (including phenoxy) is 1. The van der Waals surface area contributed by atoms with Gasteiger partial charge in [-0.2, -0.15) is 0 Å². The number of hydrogen-bond donors (Lipinski definition) is 2. The van der Waals surface area contributed by atoms with Crippen molar-refractivity contribution in [3.05, 3.63) is 65.2 Å². The first-order chi connectivity index (χ1) is 12.5. The fourth-order valence-electron chi connectivity index (χ4n) is 2.76. The molecule has 0 aromatic heterocycles. The van der Waals surface area contributed by atoms with Crippen LogP contribution in [0.2, 0.25) is 5.02 Å². The molecule has 0 aliphatic carbocycles. The van der Waals surface area contributed by atoms with Gasteiger partial charge < -0.3 is 20.1 Å². The molecule has 1 fully saturated rings.